The smallest absolute Gasteiger partial charge is 0.239 e. The molecule has 0 aliphatic carbocycles. The average Bonchev–Trinajstić information content (AvgIpc) is 2.47. The minimum atomic E-state index is 0.359. The van der Waals surface area contributed by atoms with Crippen molar-refractivity contribution in [1.29, 1.82) is 0 Å². The summed E-state index contributed by atoms with van der Waals surface area (Å²) in [7, 11) is 1.88. The summed E-state index contributed by atoms with van der Waals surface area (Å²) >= 11 is 0. The van der Waals surface area contributed by atoms with Crippen molar-refractivity contribution >= 4 is 5.95 Å². The molecule has 0 amide bonds. The van der Waals surface area contributed by atoms with Gasteiger partial charge in [0, 0.05) is 26.1 Å². The van der Waals surface area contributed by atoms with Crippen LogP contribution in [0.25, 0.3) is 0 Å². The summed E-state index contributed by atoms with van der Waals surface area (Å²) in [6.45, 7) is 1.83. The van der Waals surface area contributed by atoms with E-state index in [4.69, 9.17) is 11.6 Å². The van der Waals surface area contributed by atoms with E-state index in [1.54, 1.807) is 4.68 Å². The molecule has 0 aromatic carbocycles. The second-order valence-electron chi connectivity index (χ2n) is 3.76. The van der Waals surface area contributed by atoms with Gasteiger partial charge < -0.3 is 5.73 Å². The number of hydrogen-bond acceptors (Lipinski definition) is 5. The Morgan fingerprint density at radius 2 is 2.00 bits per heavy atom. The predicted molar refractivity (Wildman–Crippen MR) is 53.2 cm³/mol. The molecule has 1 fully saturated rings. The SMILES string of the molecule is Cn1nc(N)nc1C1CCN(N)CC1. The molecule has 1 saturated heterocycles. The molecular formula is C8H16N6. The highest BCUT2D eigenvalue weighted by molar-refractivity contribution is 5.16. The van der Waals surface area contributed by atoms with Crippen molar-refractivity contribution in [1.82, 2.24) is 19.8 Å². The maximum absolute atomic E-state index is 5.68. The zero-order valence-electron chi connectivity index (χ0n) is 8.35. The number of hydrogen-bond donors (Lipinski definition) is 2. The number of piperidine rings is 1. The van der Waals surface area contributed by atoms with Crippen LogP contribution < -0.4 is 11.6 Å². The molecule has 14 heavy (non-hydrogen) atoms. The molecule has 1 aromatic heterocycles. The van der Waals surface area contributed by atoms with Crippen LogP contribution in [0.15, 0.2) is 0 Å². The fourth-order valence-corrected chi connectivity index (χ4v) is 1.93. The molecule has 1 aliphatic heterocycles. The van der Waals surface area contributed by atoms with Crippen molar-refractivity contribution in [2.45, 2.75) is 18.8 Å². The molecule has 4 N–H and O–H groups in total. The van der Waals surface area contributed by atoms with E-state index in [0.717, 1.165) is 31.8 Å². The van der Waals surface area contributed by atoms with Gasteiger partial charge in [-0.15, -0.1) is 5.10 Å². The monoisotopic (exact) mass is 196 g/mol. The summed E-state index contributed by atoms with van der Waals surface area (Å²) < 4.78 is 1.77. The van der Waals surface area contributed by atoms with E-state index in [2.05, 4.69) is 10.1 Å². The molecule has 0 radical (unpaired) electrons. The van der Waals surface area contributed by atoms with Crippen molar-refractivity contribution in [2.75, 3.05) is 18.8 Å². The van der Waals surface area contributed by atoms with E-state index in [0.29, 0.717) is 11.9 Å². The van der Waals surface area contributed by atoms with Crippen LogP contribution in [-0.4, -0.2) is 32.9 Å². The normalized spacial score (nSPS) is 20.1. The second-order valence-corrected chi connectivity index (χ2v) is 3.76. The lowest BCUT2D eigenvalue weighted by Crippen LogP contribution is -2.38. The van der Waals surface area contributed by atoms with Gasteiger partial charge >= 0.3 is 0 Å². The first-order valence-electron chi connectivity index (χ1n) is 4.83. The lowest BCUT2D eigenvalue weighted by molar-refractivity contribution is 0.212. The van der Waals surface area contributed by atoms with Crippen LogP contribution in [0.5, 0.6) is 0 Å². The molecule has 0 atom stereocenters. The van der Waals surface area contributed by atoms with Gasteiger partial charge in [0.05, 0.1) is 0 Å². The zero-order valence-corrected chi connectivity index (χ0v) is 8.35. The molecule has 6 heteroatoms. The lowest BCUT2D eigenvalue weighted by atomic mass is 9.97. The first kappa shape index (κ1) is 9.42. The molecule has 1 aliphatic rings. The Hall–Kier alpha value is -1.14. The van der Waals surface area contributed by atoms with E-state index < -0.39 is 0 Å². The van der Waals surface area contributed by atoms with E-state index in [1.165, 1.54) is 0 Å². The summed E-state index contributed by atoms with van der Waals surface area (Å²) in [5.74, 6) is 7.47. The maximum atomic E-state index is 5.68. The van der Waals surface area contributed by atoms with Gasteiger partial charge in [-0.25, -0.2) is 5.01 Å². The first-order valence-corrected chi connectivity index (χ1v) is 4.83. The van der Waals surface area contributed by atoms with Crippen LogP contribution in [0, 0.1) is 0 Å². The summed E-state index contributed by atoms with van der Waals surface area (Å²) in [6, 6.07) is 0. The van der Waals surface area contributed by atoms with Gasteiger partial charge in [-0.2, -0.15) is 4.98 Å². The molecule has 0 saturated carbocycles. The number of hydrazine groups is 1. The van der Waals surface area contributed by atoms with Gasteiger partial charge in [0.1, 0.15) is 5.82 Å². The lowest BCUT2D eigenvalue weighted by Gasteiger charge is -2.27. The van der Waals surface area contributed by atoms with Gasteiger partial charge in [-0.05, 0) is 12.8 Å². The summed E-state index contributed by atoms with van der Waals surface area (Å²) in [5, 5.41) is 5.89. The van der Waals surface area contributed by atoms with E-state index in [1.807, 2.05) is 12.1 Å². The van der Waals surface area contributed by atoms with Crippen molar-refractivity contribution in [3.8, 4) is 0 Å². The molecule has 0 unspecified atom stereocenters. The Morgan fingerprint density at radius 1 is 1.36 bits per heavy atom. The molecule has 0 spiro atoms. The van der Waals surface area contributed by atoms with Crippen LogP contribution in [0.2, 0.25) is 0 Å². The minimum Gasteiger partial charge on any atom is -0.366 e. The zero-order chi connectivity index (χ0) is 10.1. The second kappa shape index (κ2) is 3.55. The van der Waals surface area contributed by atoms with Gasteiger partial charge in [-0.3, -0.25) is 10.5 Å². The van der Waals surface area contributed by atoms with Crippen LogP contribution in [-0.2, 0) is 7.05 Å². The van der Waals surface area contributed by atoms with Crippen LogP contribution in [0.3, 0.4) is 0 Å². The minimum absolute atomic E-state index is 0.359. The topological polar surface area (TPSA) is 86.0 Å². The van der Waals surface area contributed by atoms with Crippen molar-refractivity contribution in [2.24, 2.45) is 12.9 Å². The van der Waals surface area contributed by atoms with Crippen LogP contribution in [0.4, 0.5) is 5.95 Å². The van der Waals surface area contributed by atoms with Crippen molar-refractivity contribution in [3.63, 3.8) is 0 Å². The summed E-state index contributed by atoms with van der Waals surface area (Å²) in [4.78, 5) is 4.23. The number of nitrogens with zero attached hydrogens (tertiary/aromatic N) is 4. The Balaban J connectivity index is 2.11. The molecule has 1 aromatic rings. The van der Waals surface area contributed by atoms with Gasteiger partial charge in [-0.1, -0.05) is 0 Å². The third kappa shape index (κ3) is 1.71. The van der Waals surface area contributed by atoms with Gasteiger partial charge in [0.2, 0.25) is 5.95 Å². The van der Waals surface area contributed by atoms with E-state index >= 15 is 0 Å². The van der Waals surface area contributed by atoms with Gasteiger partial charge in [0.25, 0.3) is 0 Å². The number of aromatic nitrogens is 3. The first-order chi connectivity index (χ1) is 6.66. The Morgan fingerprint density at radius 3 is 2.50 bits per heavy atom. The average molecular weight is 196 g/mol. The highest BCUT2D eigenvalue weighted by Crippen LogP contribution is 2.25. The Labute approximate surface area is 82.9 Å². The summed E-state index contributed by atoms with van der Waals surface area (Å²) in [6.07, 6.45) is 2.06. The number of nitrogen functional groups attached to an aromatic ring is 1. The largest absolute Gasteiger partial charge is 0.366 e. The Kier molecular flexibility index (Phi) is 2.39. The van der Waals surface area contributed by atoms with Crippen LogP contribution >= 0.6 is 0 Å². The third-order valence-corrected chi connectivity index (χ3v) is 2.71. The number of aryl methyl sites for hydroxylation is 1. The molecule has 0 bridgehead atoms. The van der Waals surface area contributed by atoms with E-state index in [-0.39, 0.29) is 0 Å². The Bertz CT molecular complexity index is 312. The predicted octanol–water partition coefficient (Wildman–Crippen LogP) is -0.550. The molecule has 2 heterocycles. The van der Waals surface area contributed by atoms with Crippen molar-refractivity contribution in [3.05, 3.63) is 5.82 Å². The molecular weight excluding hydrogens is 180 g/mol. The summed E-state index contributed by atoms with van der Waals surface area (Å²) in [5.41, 5.74) is 5.54. The van der Waals surface area contributed by atoms with Gasteiger partial charge in [0.15, 0.2) is 0 Å². The van der Waals surface area contributed by atoms with Crippen molar-refractivity contribution < 1.29 is 0 Å². The fraction of sp³-hybridized carbons (Fsp3) is 0.750. The van der Waals surface area contributed by atoms with Crippen LogP contribution in [0.1, 0.15) is 24.6 Å². The third-order valence-electron chi connectivity index (χ3n) is 2.71. The number of rotatable bonds is 1. The molecule has 6 nitrogen and oxygen atoms in total. The highest BCUT2D eigenvalue weighted by Gasteiger charge is 2.22. The quantitative estimate of drug-likeness (QED) is 0.589. The van der Waals surface area contributed by atoms with E-state index in [9.17, 15) is 0 Å². The molecule has 78 valence electrons. The number of anilines is 1. The maximum Gasteiger partial charge on any atom is 0.239 e. The highest BCUT2D eigenvalue weighted by atomic mass is 15.4. The standard InChI is InChI=1S/C8H16N6/c1-13-7(11-8(9)12-13)6-2-4-14(10)5-3-6/h6H,2-5,10H2,1H3,(H2,9,12). The fourth-order valence-electron chi connectivity index (χ4n) is 1.93. The number of nitrogens with two attached hydrogens (primary N) is 2. The molecule has 2 rings (SSSR count).